The van der Waals surface area contributed by atoms with Crippen LogP contribution in [0, 0.1) is 0 Å². The van der Waals surface area contributed by atoms with Crippen molar-refractivity contribution < 1.29 is 79.4 Å². The summed E-state index contributed by atoms with van der Waals surface area (Å²) < 4.78 is 231. The predicted octanol–water partition coefficient (Wildman–Crippen LogP) is 9.14. The largest absolute Gasteiger partial charge is 0.460 e. The molecule has 0 aliphatic heterocycles. The molecule has 0 aromatic heterocycles. The quantitative estimate of drug-likeness (QED) is 0.117. The van der Waals surface area contributed by atoms with Crippen LogP contribution in [0.15, 0.2) is 30.3 Å². The molecule has 252 valence electrons. The smallest absolute Gasteiger partial charge is 0.375 e. The van der Waals surface area contributed by atoms with Gasteiger partial charge < -0.3 is 10.1 Å². The van der Waals surface area contributed by atoms with Crippen molar-refractivity contribution in [2.45, 2.75) is 92.8 Å². The molecule has 1 aromatic rings. The van der Waals surface area contributed by atoms with Gasteiger partial charge in [-0.25, -0.2) is 0 Å². The molecule has 1 rings (SSSR count). The van der Waals surface area contributed by atoms with Crippen LogP contribution in [-0.2, 0) is 11.3 Å². The number of halogens is 17. The Labute approximate surface area is 233 Å². The third kappa shape index (κ3) is 7.97. The van der Waals surface area contributed by atoms with Crippen LogP contribution in [0.1, 0.15) is 44.1 Å². The number of benzene rings is 1. The van der Waals surface area contributed by atoms with Crippen molar-refractivity contribution in [2.24, 2.45) is 0 Å². The van der Waals surface area contributed by atoms with Crippen LogP contribution in [-0.4, -0.2) is 67.3 Å². The Balaban J connectivity index is 2.64. The third-order valence-corrected chi connectivity index (χ3v) is 6.17. The van der Waals surface area contributed by atoms with Gasteiger partial charge in [-0.3, -0.25) is 0 Å². The molecule has 1 N–H and O–H groups in total. The number of unbranched alkanes of at least 4 members (excludes halogenated alkanes) is 4. The van der Waals surface area contributed by atoms with E-state index < -0.39 is 66.9 Å². The molecule has 0 saturated heterocycles. The molecule has 0 fully saturated rings. The summed E-state index contributed by atoms with van der Waals surface area (Å²) in [7, 11) is 0. The minimum atomic E-state index is -8.59. The molecule has 0 unspecified atom stereocenters. The average Bonchev–Trinajstić information content (AvgIpc) is 2.88. The van der Waals surface area contributed by atoms with Crippen LogP contribution in [0.25, 0.3) is 0 Å². The molecular formula is C24H26F17NO. The molecule has 2 nitrogen and oxygen atoms in total. The third-order valence-electron chi connectivity index (χ3n) is 6.17. The molecule has 0 aliphatic carbocycles. The summed E-state index contributed by atoms with van der Waals surface area (Å²) in [5.74, 6) is -55.9. The average molecular weight is 667 g/mol. The van der Waals surface area contributed by atoms with Crippen LogP contribution in [0.2, 0.25) is 0 Å². The summed E-state index contributed by atoms with van der Waals surface area (Å²) >= 11 is 0. The topological polar surface area (TPSA) is 21.3 Å². The Morgan fingerprint density at radius 3 is 1.44 bits per heavy atom. The van der Waals surface area contributed by atoms with E-state index in [0.29, 0.717) is 32.7 Å². The van der Waals surface area contributed by atoms with Gasteiger partial charge in [0.1, 0.15) is 0 Å². The lowest BCUT2D eigenvalue weighted by atomic mass is 9.87. The summed E-state index contributed by atoms with van der Waals surface area (Å²) in [6, 6.07) is 9.15. The first-order valence-corrected chi connectivity index (χ1v) is 12.4. The van der Waals surface area contributed by atoms with Crippen molar-refractivity contribution >= 4 is 0 Å². The zero-order valence-electron chi connectivity index (χ0n) is 21.8. The molecule has 0 saturated carbocycles. The summed E-state index contributed by atoms with van der Waals surface area (Å²) in [4.78, 5) is 0. The number of alkyl halides is 17. The highest BCUT2D eigenvalue weighted by molar-refractivity contribution is 5.15. The van der Waals surface area contributed by atoms with E-state index in [4.69, 9.17) is 4.74 Å². The van der Waals surface area contributed by atoms with Gasteiger partial charge >= 0.3 is 47.6 Å². The van der Waals surface area contributed by atoms with Gasteiger partial charge in [-0.2, -0.15) is 74.6 Å². The zero-order valence-corrected chi connectivity index (χ0v) is 21.8. The van der Waals surface area contributed by atoms with Crippen LogP contribution >= 0.6 is 0 Å². The van der Waals surface area contributed by atoms with Gasteiger partial charge in [-0.1, -0.05) is 49.6 Å². The van der Waals surface area contributed by atoms with E-state index >= 15 is 0 Å². The molecule has 0 heterocycles. The fraction of sp³-hybridized carbons (Fsp3) is 0.750. The van der Waals surface area contributed by atoms with E-state index in [0.717, 1.165) is 5.56 Å². The van der Waals surface area contributed by atoms with Gasteiger partial charge in [0.15, 0.2) is 0 Å². The summed E-state index contributed by atoms with van der Waals surface area (Å²) in [6.07, 6.45) is -10.9. The second-order valence-electron chi connectivity index (χ2n) is 9.45. The van der Waals surface area contributed by atoms with Crippen LogP contribution < -0.4 is 5.32 Å². The van der Waals surface area contributed by atoms with E-state index in [-0.39, 0.29) is 12.8 Å². The first-order chi connectivity index (χ1) is 19.3. The van der Waals surface area contributed by atoms with E-state index in [1.54, 1.807) is 0 Å². The van der Waals surface area contributed by atoms with Crippen molar-refractivity contribution in [3.05, 3.63) is 35.9 Å². The normalized spacial score (nSPS) is 14.8. The predicted molar refractivity (Wildman–Crippen MR) is 117 cm³/mol. The Morgan fingerprint density at radius 2 is 0.930 bits per heavy atom. The second kappa shape index (κ2) is 13.9. The Kier molecular flexibility index (Phi) is 12.6. The maximum Gasteiger partial charge on any atom is 0.460 e. The van der Waals surface area contributed by atoms with Gasteiger partial charge in [0, 0.05) is 13.0 Å². The number of ether oxygens (including phenoxy) is 1. The lowest BCUT2D eigenvalue weighted by molar-refractivity contribution is -0.461. The highest BCUT2D eigenvalue weighted by Crippen LogP contribution is 2.64. The Bertz CT molecular complexity index is 980. The lowest BCUT2D eigenvalue weighted by Crippen LogP contribution is -2.74. The number of hydrogen-bond donors (Lipinski definition) is 1. The van der Waals surface area contributed by atoms with E-state index in [2.05, 4.69) is 5.32 Å². The van der Waals surface area contributed by atoms with E-state index in [9.17, 15) is 74.6 Å². The minimum Gasteiger partial charge on any atom is -0.375 e. The highest BCUT2D eigenvalue weighted by atomic mass is 19.4. The van der Waals surface area contributed by atoms with Crippen LogP contribution in [0.4, 0.5) is 74.6 Å². The number of nitrogens with one attached hydrogen (secondary N) is 1. The lowest BCUT2D eigenvalue weighted by Gasteiger charge is -2.42. The van der Waals surface area contributed by atoms with Gasteiger partial charge in [0.05, 0.1) is 13.2 Å². The monoisotopic (exact) mass is 667 g/mol. The van der Waals surface area contributed by atoms with Crippen LogP contribution in [0.3, 0.4) is 0 Å². The molecule has 0 spiro atoms. The van der Waals surface area contributed by atoms with Gasteiger partial charge in [-0.15, -0.1) is 0 Å². The molecular weight excluding hydrogens is 641 g/mol. The fourth-order valence-corrected chi connectivity index (χ4v) is 3.51. The summed E-state index contributed by atoms with van der Waals surface area (Å²) in [5.41, 5.74) is 0.938. The molecule has 0 amide bonds. The Morgan fingerprint density at radius 1 is 0.488 bits per heavy atom. The zero-order chi connectivity index (χ0) is 33.6. The molecule has 0 atom stereocenters. The number of hydrogen-bond acceptors (Lipinski definition) is 2. The molecule has 0 aliphatic rings. The van der Waals surface area contributed by atoms with Gasteiger partial charge in [0.25, 0.3) is 0 Å². The van der Waals surface area contributed by atoms with Crippen molar-refractivity contribution in [3.8, 4) is 0 Å². The molecule has 0 bridgehead atoms. The van der Waals surface area contributed by atoms with Gasteiger partial charge in [-0.05, 0) is 24.9 Å². The molecule has 1 aromatic carbocycles. The van der Waals surface area contributed by atoms with Crippen molar-refractivity contribution in [2.75, 3.05) is 19.7 Å². The Hall–Kier alpha value is -2.05. The first kappa shape index (κ1) is 39.0. The summed E-state index contributed by atoms with van der Waals surface area (Å²) in [5, 5.41) is 2.96. The van der Waals surface area contributed by atoms with E-state index in [1.807, 2.05) is 30.3 Å². The van der Waals surface area contributed by atoms with Crippen molar-refractivity contribution in [3.63, 3.8) is 0 Å². The fourth-order valence-electron chi connectivity index (χ4n) is 3.51. The van der Waals surface area contributed by atoms with Crippen molar-refractivity contribution in [1.29, 1.82) is 0 Å². The molecule has 0 radical (unpaired) electrons. The highest BCUT2D eigenvalue weighted by Gasteiger charge is 2.95. The standard InChI is InChI=1S/C24H26F17NO/c25-17(26,11-7-2-1-3-8-12-42-13-14-43-15-16-9-5-4-6-10-16)18(27,28)19(29,30)20(31,32)21(33,34)22(35,36)23(37,38)24(39,40)41/h4-6,9-10,42H,1-3,7-8,11-15H2. The first-order valence-electron chi connectivity index (χ1n) is 12.4. The maximum atomic E-state index is 13.9. The summed E-state index contributed by atoms with van der Waals surface area (Å²) in [6.45, 7) is 1.50. The second-order valence-corrected chi connectivity index (χ2v) is 9.45. The minimum absolute atomic E-state index is 0.0111. The number of rotatable bonds is 19. The SMILES string of the molecule is FC(F)(F)C(F)(F)C(F)(F)C(F)(F)C(F)(F)C(F)(F)C(F)(F)C(F)(F)CCCCCCCNCCOCc1ccccc1. The van der Waals surface area contributed by atoms with Crippen LogP contribution in [0.5, 0.6) is 0 Å². The maximum absolute atomic E-state index is 13.9. The van der Waals surface area contributed by atoms with E-state index in [1.165, 1.54) is 0 Å². The molecule has 43 heavy (non-hydrogen) atoms. The van der Waals surface area contributed by atoms with Gasteiger partial charge in [0.2, 0.25) is 0 Å². The molecule has 19 heteroatoms. The van der Waals surface area contributed by atoms with Crippen molar-refractivity contribution in [1.82, 2.24) is 5.32 Å².